The second-order valence-corrected chi connectivity index (χ2v) is 9.23. The number of aromatic amines is 1. The monoisotopic (exact) mass is 537 g/mol. The minimum atomic E-state index is -0.946. The molecule has 1 saturated carbocycles. The number of aliphatic carboxylic acids is 1. The van der Waals surface area contributed by atoms with E-state index in [9.17, 15) is 23.9 Å². The van der Waals surface area contributed by atoms with Gasteiger partial charge in [-0.05, 0) is 66.4 Å². The van der Waals surface area contributed by atoms with Gasteiger partial charge in [0.1, 0.15) is 5.75 Å². The van der Waals surface area contributed by atoms with Crippen molar-refractivity contribution >= 4 is 23.3 Å². The minimum Gasteiger partial charge on any atom is -0.481 e. The van der Waals surface area contributed by atoms with Crippen LogP contribution in [-0.4, -0.2) is 30.2 Å². The van der Waals surface area contributed by atoms with Crippen molar-refractivity contribution in [3.8, 4) is 11.6 Å². The Morgan fingerprint density at radius 2 is 1.87 bits per heavy atom. The molecule has 194 valence electrons. The Bertz CT molecular complexity index is 1680. The molecule has 1 fully saturated rings. The van der Waals surface area contributed by atoms with Crippen LogP contribution >= 0.6 is 11.6 Å². The zero-order valence-electron chi connectivity index (χ0n) is 19.8. The first-order chi connectivity index (χ1) is 18.3. The predicted molar refractivity (Wildman–Crippen MR) is 135 cm³/mol. The van der Waals surface area contributed by atoms with Crippen LogP contribution in [0.3, 0.4) is 0 Å². The Kier molecular flexibility index (Phi) is 6.93. The fourth-order valence-corrected chi connectivity index (χ4v) is 4.10. The molecule has 2 aromatic carbocycles. The summed E-state index contributed by atoms with van der Waals surface area (Å²) in [5.74, 6) is -2.28. The number of hydrogen-bond donors (Lipinski definition) is 2. The predicted octanol–water partition coefficient (Wildman–Crippen LogP) is 3.32. The third kappa shape index (κ3) is 5.57. The van der Waals surface area contributed by atoms with Crippen LogP contribution in [-0.2, 0) is 17.9 Å². The average Bonchev–Trinajstić information content (AvgIpc) is 3.68. The van der Waals surface area contributed by atoms with Crippen LogP contribution in [0, 0.1) is 17.7 Å². The van der Waals surface area contributed by atoms with Crippen molar-refractivity contribution in [2.24, 2.45) is 16.8 Å². The van der Waals surface area contributed by atoms with Crippen LogP contribution in [0.2, 0.25) is 5.02 Å². The Hall–Kier alpha value is -4.51. The first kappa shape index (κ1) is 25.2. The van der Waals surface area contributed by atoms with Crippen molar-refractivity contribution in [1.29, 1.82) is 0 Å². The van der Waals surface area contributed by atoms with E-state index in [1.165, 1.54) is 22.9 Å². The van der Waals surface area contributed by atoms with Crippen molar-refractivity contribution < 1.29 is 19.0 Å². The van der Waals surface area contributed by atoms with Crippen LogP contribution < -0.4 is 21.7 Å². The van der Waals surface area contributed by atoms with E-state index in [1.54, 1.807) is 48.5 Å². The van der Waals surface area contributed by atoms with Crippen molar-refractivity contribution in [3.63, 3.8) is 0 Å². The quantitative estimate of drug-likeness (QED) is 0.354. The van der Waals surface area contributed by atoms with Gasteiger partial charge in [0.15, 0.2) is 5.82 Å². The van der Waals surface area contributed by atoms with Crippen LogP contribution in [0.5, 0.6) is 11.6 Å². The highest BCUT2D eigenvalue weighted by atomic mass is 35.5. The van der Waals surface area contributed by atoms with Crippen LogP contribution in [0.15, 0.2) is 81.4 Å². The third-order valence-corrected chi connectivity index (χ3v) is 6.36. The molecule has 0 spiro atoms. The first-order valence-corrected chi connectivity index (χ1v) is 12.0. The fourth-order valence-electron chi connectivity index (χ4n) is 3.97. The summed E-state index contributed by atoms with van der Waals surface area (Å²) in [7, 11) is 0. The number of ether oxygens (including phenoxy) is 1. The molecule has 5 rings (SSSR count). The van der Waals surface area contributed by atoms with Gasteiger partial charge in [0.05, 0.1) is 18.2 Å². The maximum atomic E-state index is 13.8. The number of carbonyl (C=O) groups is 1. The molecule has 2 aromatic heterocycles. The van der Waals surface area contributed by atoms with Crippen molar-refractivity contribution in [2.45, 2.75) is 19.5 Å². The third-order valence-electron chi connectivity index (χ3n) is 6.10. The number of aromatic nitrogens is 4. The lowest BCUT2D eigenvalue weighted by Crippen LogP contribution is -2.50. The van der Waals surface area contributed by atoms with Gasteiger partial charge in [-0.2, -0.15) is 0 Å². The molecule has 0 amide bonds. The summed E-state index contributed by atoms with van der Waals surface area (Å²) in [6, 6.07) is 15.8. The van der Waals surface area contributed by atoms with Crippen LogP contribution in [0.4, 0.5) is 10.1 Å². The summed E-state index contributed by atoms with van der Waals surface area (Å²) < 4.78 is 21.6. The van der Waals surface area contributed by atoms with E-state index < -0.39 is 29.1 Å². The Morgan fingerprint density at radius 3 is 2.53 bits per heavy atom. The van der Waals surface area contributed by atoms with Crippen LogP contribution in [0.25, 0.3) is 0 Å². The van der Waals surface area contributed by atoms with E-state index >= 15 is 0 Å². The average molecular weight is 538 g/mol. The molecule has 0 bridgehead atoms. The molecule has 0 radical (unpaired) electrons. The Labute approximate surface area is 219 Å². The normalized spacial score (nSPS) is 16.8. The van der Waals surface area contributed by atoms with Gasteiger partial charge < -0.3 is 9.84 Å². The van der Waals surface area contributed by atoms with Crippen molar-refractivity contribution in [3.05, 3.63) is 110 Å². The molecule has 1 unspecified atom stereocenters. The molecule has 38 heavy (non-hydrogen) atoms. The number of nitrogens with zero attached hydrogens (tertiary/aromatic N) is 4. The molecule has 2 heterocycles. The van der Waals surface area contributed by atoms with E-state index in [1.807, 2.05) is 0 Å². The molecule has 4 aromatic rings. The van der Waals surface area contributed by atoms with E-state index in [0.717, 1.165) is 10.1 Å². The highest BCUT2D eigenvalue weighted by Crippen LogP contribution is 2.39. The molecule has 0 aliphatic heterocycles. The second kappa shape index (κ2) is 10.5. The number of pyridine rings is 1. The van der Waals surface area contributed by atoms with Crippen LogP contribution in [0.1, 0.15) is 12.0 Å². The van der Waals surface area contributed by atoms with Gasteiger partial charge >= 0.3 is 17.3 Å². The molecular formula is C26H21ClFN5O5. The summed E-state index contributed by atoms with van der Waals surface area (Å²) in [5, 5.41) is 9.73. The maximum absolute atomic E-state index is 13.8. The summed E-state index contributed by atoms with van der Waals surface area (Å²) in [6.07, 6.45) is 1.81. The standard InChI is InChI=1S/C26H21ClFN5O5/c27-17-5-3-15(4-6-17)13-32-24(31-25(36)33(26(32)37)14-16-12-20(16)23(34)35)30-18-7-9-19(10-8-18)38-22-21(28)2-1-11-29-22/h1-11,16,20H,12-14H2,(H,34,35)(H,30,31,36)/t16-,20?/m0/s1. The summed E-state index contributed by atoms with van der Waals surface area (Å²) in [4.78, 5) is 48.4. The molecule has 1 aliphatic carbocycles. The lowest BCUT2D eigenvalue weighted by atomic mass is 10.2. The zero-order valence-corrected chi connectivity index (χ0v) is 20.5. The summed E-state index contributed by atoms with van der Waals surface area (Å²) in [5.41, 5.74) is -0.180. The van der Waals surface area contributed by atoms with Crippen molar-refractivity contribution in [1.82, 2.24) is 19.1 Å². The van der Waals surface area contributed by atoms with Gasteiger partial charge in [-0.3, -0.25) is 14.3 Å². The highest BCUT2D eigenvalue weighted by molar-refractivity contribution is 6.30. The SMILES string of the molecule is O=C(O)C1C[C@H]1Cn1c(=O)[nH]c(=Nc2ccc(Oc3ncccc3F)cc2)n(Cc2ccc(Cl)cc2)c1=O. The van der Waals surface area contributed by atoms with Crippen molar-refractivity contribution in [2.75, 3.05) is 0 Å². The van der Waals surface area contributed by atoms with Gasteiger partial charge in [-0.1, -0.05) is 23.7 Å². The fraction of sp³-hybridized carbons (Fsp3) is 0.192. The molecule has 10 nitrogen and oxygen atoms in total. The van der Waals surface area contributed by atoms with E-state index in [0.29, 0.717) is 22.9 Å². The van der Waals surface area contributed by atoms with Gasteiger partial charge in [0.25, 0.3) is 5.88 Å². The van der Waals surface area contributed by atoms with Gasteiger partial charge in [0, 0.05) is 17.8 Å². The number of nitrogens with one attached hydrogen (secondary N) is 1. The van der Waals surface area contributed by atoms with E-state index in [4.69, 9.17) is 16.3 Å². The lowest BCUT2D eigenvalue weighted by molar-refractivity contribution is -0.138. The number of rotatable bonds is 8. The Morgan fingerprint density at radius 1 is 1.13 bits per heavy atom. The largest absolute Gasteiger partial charge is 0.481 e. The summed E-state index contributed by atoms with van der Waals surface area (Å²) >= 11 is 5.98. The number of halogens is 2. The first-order valence-electron chi connectivity index (χ1n) is 11.6. The topological polar surface area (TPSA) is 132 Å². The highest BCUT2D eigenvalue weighted by Gasteiger charge is 2.43. The summed E-state index contributed by atoms with van der Waals surface area (Å²) in [6.45, 7) is 0.0704. The molecule has 2 N–H and O–H groups in total. The van der Waals surface area contributed by atoms with Gasteiger partial charge in [-0.15, -0.1) is 0 Å². The molecular weight excluding hydrogens is 517 g/mol. The minimum absolute atomic E-state index is 0.00113. The Balaban J connectivity index is 1.50. The smallest absolute Gasteiger partial charge is 0.335 e. The maximum Gasteiger partial charge on any atom is 0.335 e. The zero-order chi connectivity index (χ0) is 26.8. The number of benzene rings is 2. The molecule has 2 atom stereocenters. The van der Waals surface area contributed by atoms with E-state index in [2.05, 4.69) is 15.0 Å². The van der Waals surface area contributed by atoms with Gasteiger partial charge in [0.2, 0.25) is 5.62 Å². The molecule has 12 heteroatoms. The van der Waals surface area contributed by atoms with E-state index in [-0.39, 0.29) is 30.5 Å². The number of carboxylic acid groups (broad SMARTS) is 1. The van der Waals surface area contributed by atoms with Gasteiger partial charge in [-0.25, -0.2) is 28.5 Å². The number of carboxylic acids is 1. The molecule has 1 aliphatic rings. The lowest BCUT2D eigenvalue weighted by Gasteiger charge is -2.11. The second-order valence-electron chi connectivity index (χ2n) is 8.80. The molecule has 0 saturated heterocycles. The number of hydrogen-bond acceptors (Lipinski definition) is 6. The number of H-pyrrole nitrogens is 1.